The average Bonchev–Trinajstić information content (AvgIpc) is 2.85. The fourth-order valence-corrected chi connectivity index (χ4v) is 3.23. The Morgan fingerprint density at radius 1 is 1.08 bits per heavy atom. The van der Waals surface area contributed by atoms with Crippen molar-refractivity contribution in [3.63, 3.8) is 0 Å². The summed E-state index contributed by atoms with van der Waals surface area (Å²) in [6, 6.07) is 15.1. The zero-order valence-corrected chi connectivity index (χ0v) is 12.7. The second kappa shape index (κ2) is 5.65. The lowest BCUT2D eigenvalue weighted by atomic mass is 9.98. The molecule has 0 radical (unpaired) electrons. The molecular formula is C18H15NO5. The molecule has 1 aliphatic heterocycles. The maximum atomic E-state index is 12.0. The molecule has 122 valence electrons. The third-order valence-corrected chi connectivity index (χ3v) is 4.46. The Morgan fingerprint density at radius 3 is 2.17 bits per heavy atom. The van der Waals surface area contributed by atoms with Crippen molar-refractivity contribution >= 4 is 12.1 Å². The molecule has 1 heterocycles. The van der Waals surface area contributed by atoms with Gasteiger partial charge in [-0.15, -0.1) is 0 Å². The van der Waals surface area contributed by atoms with Gasteiger partial charge in [0.05, 0.1) is 0 Å². The van der Waals surface area contributed by atoms with E-state index < -0.39 is 18.1 Å². The van der Waals surface area contributed by atoms with Gasteiger partial charge < -0.3 is 9.84 Å². The molecule has 24 heavy (non-hydrogen) atoms. The zero-order chi connectivity index (χ0) is 16.7. The number of carboxylic acid groups (broad SMARTS) is 1. The molecular weight excluding hydrogens is 310 g/mol. The molecule has 6 nitrogen and oxygen atoms in total. The van der Waals surface area contributed by atoms with Crippen LogP contribution in [0.2, 0.25) is 0 Å². The summed E-state index contributed by atoms with van der Waals surface area (Å²) >= 11 is 0. The van der Waals surface area contributed by atoms with E-state index in [-0.39, 0.29) is 19.1 Å². The first kappa shape index (κ1) is 14.7. The van der Waals surface area contributed by atoms with Gasteiger partial charge in [0.2, 0.25) is 0 Å². The Hall–Kier alpha value is -2.86. The van der Waals surface area contributed by atoms with Crippen LogP contribution in [0.4, 0.5) is 4.79 Å². The van der Waals surface area contributed by atoms with E-state index in [1.807, 2.05) is 36.4 Å². The maximum Gasteiger partial charge on any atom is 0.434 e. The maximum absolute atomic E-state index is 12.0. The minimum absolute atomic E-state index is 0.0144. The number of carbonyl (C=O) groups is 2. The molecule has 1 fully saturated rings. The molecule has 2 aromatic rings. The first-order chi connectivity index (χ1) is 11.7. The van der Waals surface area contributed by atoms with Crippen LogP contribution in [0, 0.1) is 0 Å². The molecule has 1 aliphatic carbocycles. The lowest BCUT2D eigenvalue weighted by Crippen LogP contribution is -2.57. The summed E-state index contributed by atoms with van der Waals surface area (Å²) in [7, 11) is 0. The molecule has 0 bridgehead atoms. The van der Waals surface area contributed by atoms with E-state index in [2.05, 4.69) is 12.1 Å². The van der Waals surface area contributed by atoms with Crippen molar-refractivity contribution in [2.24, 2.45) is 0 Å². The summed E-state index contributed by atoms with van der Waals surface area (Å²) in [5, 5.41) is 9.74. The van der Waals surface area contributed by atoms with E-state index in [0.29, 0.717) is 0 Å². The van der Waals surface area contributed by atoms with Gasteiger partial charge in [-0.1, -0.05) is 48.5 Å². The predicted octanol–water partition coefficient (Wildman–Crippen LogP) is 2.64. The molecule has 2 aromatic carbocycles. The number of rotatable bonds is 3. The smallest absolute Gasteiger partial charge is 0.434 e. The molecule has 0 aromatic heterocycles. The van der Waals surface area contributed by atoms with Crippen LogP contribution in [0.25, 0.3) is 11.1 Å². The van der Waals surface area contributed by atoms with E-state index in [1.165, 1.54) is 0 Å². The largest absolute Gasteiger partial charge is 0.480 e. The molecule has 1 saturated heterocycles. The third kappa shape index (κ3) is 2.23. The zero-order valence-electron chi connectivity index (χ0n) is 12.7. The molecule has 1 atom stereocenters. The molecule has 0 saturated carbocycles. The molecule has 0 unspecified atom stereocenters. The molecule has 4 rings (SSSR count). The van der Waals surface area contributed by atoms with Crippen molar-refractivity contribution in [1.29, 1.82) is 0 Å². The molecule has 1 N–H and O–H groups in total. The summed E-state index contributed by atoms with van der Waals surface area (Å²) in [6.07, 6.45) is -0.768. The van der Waals surface area contributed by atoms with Crippen LogP contribution in [0.1, 0.15) is 17.0 Å². The summed E-state index contributed by atoms with van der Waals surface area (Å²) in [6.45, 7) is 0.124. The van der Waals surface area contributed by atoms with E-state index in [0.717, 1.165) is 27.3 Å². The molecule has 6 heteroatoms. The average molecular weight is 325 g/mol. The summed E-state index contributed by atoms with van der Waals surface area (Å²) in [5.41, 5.74) is 4.48. The van der Waals surface area contributed by atoms with E-state index in [9.17, 15) is 9.59 Å². The van der Waals surface area contributed by atoms with Gasteiger partial charge in [0.15, 0.2) is 6.04 Å². The van der Waals surface area contributed by atoms with Gasteiger partial charge in [0, 0.05) is 5.92 Å². The first-order valence-electron chi connectivity index (χ1n) is 7.66. The fraction of sp³-hybridized carbons (Fsp3) is 0.222. The van der Waals surface area contributed by atoms with E-state index >= 15 is 0 Å². The number of fused-ring (bicyclic) bond motifs is 3. The first-order valence-corrected chi connectivity index (χ1v) is 7.66. The highest BCUT2D eigenvalue weighted by Gasteiger charge is 2.41. The number of hydroxylamine groups is 2. The van der Waals surface area contributed by atoms with E-state index in [4.69, 9.17) is 14.7 Å². The van der Waals surface area contributed by atoms with Gasteiger partial charge in [-0.2, -0.15) is 5.06 Å². The second-order valence-corrected chi connectivity index (χ2v) is 5.78. The SMILES string of the molecule is O=C(O)[C@@H]1CON1C(=O)OCC1c2ccccc2-c2ccccc21. The normalized spacial score (nSPS) is 18.5. The molecule has 2 aliphatic rings. The van der Waals surface area contributed by atoms with Gasteiger partial charge in [0.1, 0.15) is 13.2 Å². The Balaban J connectivity index is 1.53. The van der Waals surface area contributed by atoms with Crippen LogP contribution >= 0.6 is 0 Å². The van der Waals surface area contributed by atoms with Crippen LogP contribution in [0.5, 0.6) is 0 Å². The van der Waals surface area contributed by atoms with Crippen LogP contribution in [0.3, 0.4) is 0 Å². The number of hydrogen-bond donors (Lipinski definition) is 1. The quantitative estimate of drug-likeness (QED) is 0.939. The van der Waals surface area contributed by atoms with Gasteiger partial charge in [-0.05, 0) is 22.3 Å². The summed E-state index contributed by atoms with van der Waals surface area (Å²) < 4.78 is 5.32. The lowest BCUT2D eigenvalue weighted by Gasteiger charge is -2.35. The number of carboxylic acids is 1. The Labute approximate surface area is 138 Å². The Kier molecular flexibility index (Phi) is 3.46. The van der Waals surface area contributed by atoms with Crippen molar-refractivity contribution in [3.05, 3.63) is 59.7 Å². The number of benzene rings is 2. The van der Waals surface area contributed by atoms with Crippen LogP contribution in [-0.4, -0.2) is 41.5 Å². The number of carbonyl (C=O) groups excluding carboxylic acids is 1. The van der Waals surface area contributed by atoms with Crippen LogP contribution in [0.15, 0.2) is 48.5 Å². The van der Waals surface area contributed by atoms with Gasteiger partial charge >= 0.3 is 12.1 Å². The van der Waals surface area contributed by atoms with Crippen molar-refractivity contribution in [2.75, 3.05) is 13.2 Å². The van der Waals surface area contributed by atoms with Crippen molar-refractivity contribution in [1.82, 2.24) is 5.06 Å². The van der Waals surface area contributed by atoms with Crippen LogP contribution in [-0.2, 0) is 14.4 Å². The van der Waals surface area contributed by atoms with E-state index in [1.54, 1.807) is 0 Å². The minimum Gasteiger partial charge on any atom is -0.480 e. The van der Waals surface area contributed by atoms with Crippen LogP contribution < -0.4 is 0 Å². The standard InChI is InChI=1S/C18H15NO5/c20-17(21)16-10-24-19(16)18(22)23-9-15-13-7-3-1-5-11(13)12-6-2-4-8-14(12)15/h1-8,15-16H,9-10H2,(H,20,21)/t16-/m0/s1. The second-order valence-electron chi connectivity index (χ2n) is 5.78. The highest BCUT2D eigenvalue weighted by molar-refractivity contribution is 5.81. The number of aliphatic carboxylic acids is 1. The predicted molar refractivity (Wildman–Crippen MR) is 84.3 cm³/mol. The highest BCUT2D eigenvalue weighted by atomic mass is 16.8. The van der Waals surface area contributed by atoms with Crippen molar-refractivity contribution in [3.8, 4) is 11.1 Å². The third-order valence-electron chi connectivity index (χ3n) is 4.46. The topological polar surface area (TPSA) is 76.1 Å². The minimum atomic E-state index is -1.10. The number of amides is 1. The Bertz CT molecular complexity index is 773. The summed E-state index contributed by atoms with van der Waals surface area (Å²) in [4.78, 5) is 27.9. The number of hydrogen-bond acceptors (Lipinski definition) is 4. The Morgan fingerprint density at radius 2 is 1.67 bits per heavy atom. The van der Waals surface area contributed by atoms with Gasteiger partial charge in [0.25, 0.3) is 0 Å². The fourth-order valence-electron chi connectivity index (χ4n) is 3.23. The monoisotopic (exact) mass is 325 g/mol. The van der Waals surface area contributed by atoms with Gasteiger partial charge in [-0.25, -0.2) is 9.59 Å². The van der Waals surface area contributed by atoms with Gasteiger partial charge in [-0.3, -0.25) is 4.84 Å². The van der Waals surface area contributed by atoms with Crippen molar-refractivity contribution in [2.45, 2.75) is 12.0 Å². The lowest BCUT2D eigenvalue weighted by molar-refractivity contribution is -0.260. The molecule has 0 spiro atoms. The summed E-state index contributed by atoms with van der Waals surface area (Å²) in [5.74, 6) is -1.17. The van der Waals surface area contributed by atoms with Crippen molar-refractivity contribution < 1.29 is 24.3 Å². The highest BCUT2D eigenvalue weighted by Crippen LogP contribution is 2.44. The number of nitrogens with zero attached hydrogens (tertiary/aromatic N) is 1. The molecule has 1 amide bonds. The number of ether oxygens (including phenoxy) is 1.